The first-order valence-corrected chi connectivity index (χ1v) is 14.6. The summed E-state index contributed by atoms with van der Waals surface area (Å²) in [7, 11) is 0. The van der Waals surface area contributed by atoms with Gasteiger partial charge >= 0.3 is 0 Å². The van der Waals surface area contributed by atoms with Gasteiger partial charge in [0.1, 0.15) is 0 Å². The van der Waals surface area contributed by atoms with E-state index in [0.29, 0.717) is 11.2 Å². The Labute approximate surface area is 222 Å². The molecule has 3 aliphatic rings. The highest BCUT2D eigenvalue weighted by Gasteiger charge is 2.35. The van der Waals surface area contributed by atoms with Gasteiger partial charge in [-0.3, -0.25) is 9.69 Å². The second-order valence-corrected chi connectivity index (χ2v) is 11.6. The van der Waals surface area contributed by atoms with Gasteiger partial charge in [-0.15, -0.1) is 0 Å². The number of hydrogen-bond acceptors (Lipinski definition) is 5. The Hall–Kier alpha value is -2.15. The van der Waals surface area contributed by atoms with Crippen molar-refractivity contribution in [1.29, 1.82) is 0 Å². The van der Waals surface area contributed by atoms with E-state index in [-0.39, 0.29) is 11.9 Å². The van der Waals surface area contributed by atoms with Crippen LogP contribution in [0, 0.1) is 12.3 Å². The molecule has 0 radical (unpaired) electrons. The number of anilines is 1. The third-order valence-electron chi connectivity index (χ3n) is 9.12. The van der Waals surface area contributed by atoms with Crippen molar-refractivity contribution in [3.8, 4) is 0 Å². The zero-order valence-electron chi connectivity index (χ0n) is 22.7. The van der Waals surface area contributed by atoms with Crippen LogP contribution in [0.4, 0.5) is 5.69 Å². The van der Waals surface area contributed by atoms with Gasteiger partial charge in [0.05, 0.1) is 19.5 Å². The van der Waals surface area contributed by atoms with E-state index in [0.717, 1.165) is 57.9 Å². The molecule has 1 aliphatic carbocycles. The Morgan fingerprint density at radius 3 is 2.19 bits per heavy atom. The number of amides is 1. The number of carbonyl (C=O) groups excluding carboxylic acids is 1. The van der Waals surface area contributed by atoms with Crippen LogP contribution in [0.15, 0.2) is 47.1 Å². The number of benzene rings is 1. The van der Waals surface area contributed by atoms with Crippen molar-refractivity contribution in [3.05, 3.63) is 54.0 Å². The SMILES string of the molecule is Cc1ccc(N(C(=O)c2ccco2)C2CCN(CCC3(CCN4CCOCC4)CCCCC3)CC2)cc1. The number of aryl methyl sites for hydroxylation is 1. The van der Waals surface area contributed by atoms with Crippen LogP contribution in [0.3, 0.4) is 0 Å². The summed E-state index contributed by atoms with van der Waals surface area (Å²) >= 11 is 0. The van der Waals surface area contributed by atoms with Crippen molar-refractivity contribution in [3.63, 3.8) is 0 Å². The molecule has 37 heavy (non-hydrogen) atoms. The van der Waals surface area contributed by atoms with E-state index in [2.05, 4.69) is 41.0 Å². The molecule has 0 spiro atoms. The zero-order chi connectivity index (χ0) is 25.5. The first kappa shape index (κ1) is 26.5. The number of morpholine rings is 1. The summed E-state index contributed by atoms with van der Waals surface area (Å²) in [6, 6.07) is 12.1. The van der Waals surface area contributed by atoms with E-state index in [9.17, 15) is 4.79 Å². The molecule has 3 fully saturated rings. The molecule has 6 nitrogen and oxygen atoms in total. The van der Waals surface area contributed by atoms with Crippen LogP contribution in [-0.2, 0) is 4.74 Å². The third kappa shape index (κ3) is 6.84. The summed E-state index contributed by atoms with van der Waals surface area (Å²) in [5.41, 5.74) is 2.68. The standard InChI is InChI=1S/C31H45N3O3/c1-26-7-9-27(10-8-26)34(30(35)29-6-5-23-37-29)28-11-17-32(18-12-28)19-15-31(13-3-2-4-14-31)16-20-33-21-24-36-25-22-33/h5-10,23,28H,2-4,11-22,24-25H2,1H3. The lowest BCUT2D eigenvalue weighted by atomic mass is 9.69. The summed E-state index contributed by atoms with van der Waals surface area (Å²) in [6.45, 7) is 10.6. The Morgan fingerprint density at radius 1 is 0.919 bits per heavy atom. The highest BCUT2D eigenvalue weighted by molar-refractivity contribution is 6.04. The van der Waals surface area contributed by atoms with Gasteiger partial charge < -0.3 is 19.0 Å². The number of ether oxygens (including phenoxy) is 1. The van der Waals surface area contributed by atoms with Crippen LogP contribution in [0.2, 0.25) is 0 Å². The minimum absolute atomic E-state index is 0.0309. The number of nitrogens with zero attached hydrogens (tertiary/aromatic N) is 3. The number of rotatable bonds is 9. The van der Waals surface area contributed by atoms with Crippen molar-refractivity contribution in [2.45, 2.75) is 70.8 Å². The summed E-state index contributed by atoms with van der Waals surface area (Å²) in [6.07, 6.45) is 13.2. The smallest absolute Gasteiger partial charge is 0.294 e. The lowest BCUT2D eigenvalue weighted by Gasteiger charge is -2.42. The number of hydrogen-bond donors (Lipinski definition) is 0. The van der Waals surface area contributed by atoms with Gasteiger partial charge in [-0.25, -0.2) is 0 Å². The molecule has 3 heterocycles. The van der Waals surface area contributed by atoms with E-state index in [4.69, 9.17) is 9.15 Å². The van der Waals surface area contributed by atoms with Crippen molar-refractivity contribution in [2.75, 3.05) is 57.4 Å². The number of piperidine rings is 1. The maximum Gasteiger partial charge on any atom is 0.294 e. The predicted molar refractivity (Wildman–Crippen MR) is 148 cm³/mol. The normalized spacial score (nSPS) is 21.6. The van der Waals surface area contributed by atoms with E-state index in [1.165, 1.54) is 63.6 Å². The van der Waals surface area contributed by atoms with Crippen LogP contribution in [0.25, 0.3) is 0 Å². The second-order valence-electron chi connectivity index (χ2n) is 11.6. The predicted octanol–water partition coefficient (Wildman–Crippen LogP) is 5.76. The van der Waals surface area contributed by atoms with Crippen LogP contribution < -0.4 is 4.90 Å². The summed E-state index contributed by atoms with van der Waals surface area (Å²) < 4.78 is 11.1. The average molecular weight is 508 g/mol. The molecular formula is C31H45N3O3. The monoisotopic (exact) mass is 507 g/mol. The van der Waals surface area contributed by atoms with Gasteiger partial charge in [-0.2, -0.15) is 0 Å². The average Bonchev–Trinajstić information content (AvgIpc) is 3.49. The number of carbonyl (C=O) groups is 1. The highest BCUT2D eigenvalue weighted by atomic mass is 16.5. The topological polar surface area (TPSA) is 49.2 Å². The molecule has 1 aromatic heterocycles. The molecule has 0 atom stereocenters. The molecule has 0 bridgehead atoms. The fourth-order valence-corrected chi connectivity index (χ4v) is 6.66. The lowest BCUT2D eigenvalue weighted by molar-refractivity contribution is 0.0247. The molecule has 1 saturated carbocycles. The van der Waals surface area contributed by atoms with Gasteiger partial charge in [0.15, 0.2) is 5.76 Å². The van der Waals surface area contributed by atoms with Crippen LogP contribution >= 0.6 is 0 Å². The molecule has 202 valence electrons. The molecule has 1 amide bonds. The Balaban J connectivity index is 1.18. The van der Waals surface area contributed by atoms with Crippen molar-refractivity contribution < 1.29 is 13.9 Å². The van der Waals surface area contributed by atoms with Crippen molar-refractivity contribution in [2.24, 2.45) is 5.41 Å². The molecule has 2 saturated heterocycles. The zero-order valence-corrected chi connectivity index (χ0v) is 22.7. The van der Waals surface area contributed by atoms with Gasteiger partial charge in [0, 0.05) is 37.9 Å². The van der Waals surface area contributed by atoms with Crippen molar-refractivity contribution >= 4 is 11.6 Å². The minimum atomic E-state index is -0.0309. The Kier molecular flexibility index (Phi) is 9.01. The molecular weight excluding hydrogens is 462 g/mol. The first-order chi connectivity index (χ1) is 18.1. The maximum absolute atomic E-state index is 13.5. The molecule has 6 heteroatoms. The fourth-order valence-electron chi connectivity index (χ4n) is 6.66. The molecule has 1 aromatic carbocycles. The molecule has 0 N–H and O–H groups in total. The van der Waals surface area contributed by atoms with Gasteiger partial charge in [0.25, 0.3) is 5.91 Å². The van der Waals surface area contributed by atoms with E-state index in [1.807, 2.05) is 4.90 Å². The quantitative estimate of drug-likeness (QED) is 0.432. The van der Waals surface area contributed by atoms with Crippen LogP contribution in [0.5, 0.6) is 0 Å². The third-order valence-corrected chi connectivity index (χ3v) is 9.12. The minimum Gasteiger partial charge on any atom is -0.459 e. The second kappa shape index (κ2) is 12.6. The lowest BCUT2D eigenvalue weighted by Crippen LogP contribution is -2.48. The molecule has 2 aromatic rings. The van der Waals surface area contributed by atoms with Crippen LogP contribution in [-0.4, -0.2) is 74.2 Å². The summed E-state index contributed by atoms with van der Waals surface area (Å²) in [5, 5.41) is 0. The van der Waals surface area contributed by atoms with E-state index < -0.39 is 0 Å². The van der Waals surface area contributed by atoms with E-state index in [1.54, 1.807) is 18.4 Å². The first-order valence-electron chi connectivity index (χ1n) is 14.6. The Morgan fingerprint density at radius 2 is 1.57 bits per heavy atom. The summed E-state index contributed by atoms with van der Waals surface area (Å²) in [4.78, 5) is 20.7. The van der Waals surface area contributed by atoms with Gasteiger partial charge in [-0.1, -0.05) is 37.0 Å². The fraction of sp³-hybridized carbons (Fsp3) is 0.645. The van der Waals surface area contributed by atoms with Crippen LogP contribution in [0.1, 0.15) is 73.9 Å². The largest absolute Gasteiger partial charge is 0.459 e. The van der Waals surface area contributed by atoms with E-state index >= 15 is 0 Å². The molecule has 0 unspecified atom stereocenters. The number of likely N-dealkylation sites (tertiary alicyclic amines) is 1. The maximum atomic E-state index is 13.5. The molecule has 5 rings (SSSR count). The van der Waals surface area contributed by atoms with Gasteiger partial charge in [0.2, 0.25) is 0 Å². The highest BCUT2D eigenvalue weighted by Crippen LogP contribution is 2.43. The Bertz CT molecular complexity index is 954. The summed E-state index contributed by atoms with van der Waals surface area (Å²) in [5.74, 6) is 0.388. The number of furan rings is 1. The van der Waals surface area contributed by atoms with Crippen molar-refractivity contribution in [1.82, 2.24) is 9.80 Å². The van der Waals surface area contributed by atoms with Gasteiger partial charge in [-0.05, 0) is 88.2 Å². The molecule has 2 aliphatic heterocycles.